The molecule has 1 aromatic rings. The Labute approximate surface area is 218 Å². The van der Waals surface area contributed by atoms with Crippen molar-refractivity contribution in [2.75, 3.05) is 7.11 Å². The van der Waals surface area contributed by atoms with E-state index >= 15 is 0 Å². The minimum atomic E-state index is -1.66. The molecule has 2 aliphatic heterocycles. The number of thiazole rings is 1. The Morgan fingerprint density at radius 1 is 1.28 bits per heavy atom. The van der Waals surface area contributed by atoms with Crippen molar-refractivity contribution in [3.63, 3.8) is 0 Å². The molecular formula is C27H41NO7S. The van der Waals surface area contributed by atoms with Gasteiger partial charge in [-0.25, -0.2) is 4.98 Å². The normalized spacial score (nSPS) is 39.4. The number of nitrogens with zero attached hydrogens (tertiary/aromatic N) is 1. The highest BCUT2D eigenvalue weighted by atomic mass is 32.1. The average Bonchev–Trinajstić information content (AvgIpc) is 3.27. The molecule has 2 saturated heterocycles. The highest BCUT2D eigenvalue weighted by Gasteiger charge is 2.53. The van der Waals surface area contributed by atoms with E-state index in [1.165, 1.54) is 14.0 Å². The van der Waals surface area contributed by atoms with Gasteiger partial charge >= 0.3 is 5.97 Å². The van der Waals surface area contributed by atoms with Gasteiger partial charge in [-0.3, -0.25) is 9.59 Å². The Hall–Kier alpha value is -1.65. The predicted molar refractivity (Wildman–Crippen MR) is 138 cm³/mol. The fourth-order valence-electron chi connectivity index (χ4n) is 5.10. The predicted octanol–water partition coefficient (Wildman–Crippen LogP) is 3.86. The third-order valence-corrected chi connectivity index (χ3v) is 8.86. The zero-order valence-electron chi connectivity index (χ0n) is 22.4. The fraction of sp³-hybridized carbons (Fsp3) is 0.741. The van der Waals surface area contributed by atoms with Gasteiger partial charge in [-0.15, -0.1) is 11.3 Å². The smallest absolute Gasteiger partial charge is 0.309 e. The van der Waals surface area contributed by atoms with Crippen molar-refractivity contribution < 1.29 is 34.0 Å². The van der Waals surface area contributed by atoms with Crippen molar-refractivity contribution in [3.05, 3.63) is 21.7 Å². The van der Waals surface area contributed by atoms with Crippen LogP contribution in [0.15, 0.2) is 11.8 Å². The summed E-state index contributed by atoms with van der Waals surface area (Å²) in [5, 5.41) is 22.7. The summed E-state index contributed by atoms with van der Waals surface area (Å²) in [6.45, 7) is 10.9. The molecule has 0 spiro atoms. The first-order chi connectivity index (χ1) is 16.8. The summed E-state index contributed by atoms with van der Waals surface area (Å²) < 4.78 is 17.4. The van der Waals surface area contributed by atoms with Crippen molar-refractivity contribution in [2.45, 2.75) is 109 Å². The molecular weight excluding hydrogens is 482 g/mol. The standard InChI is InChI=1S/C27H41NO7S/c1-15-9-8-10-26(5)22(35-26)12-20(16(2)11-19-14-28-18(4)36-19)34-23(30)13-21(29)27(6,33-7)25(32)17(3)24(15)31/h11,14-15,17,20-22,24,29,31H,8-10,12-13H2,1-7H3/b16-11+. The molecule has 0 amide bonds. The quantitative estimate of drug-likeness (QED) is 0.453. The summed E-state index contributed by atoms with van der Waals surface area (Å²) in [6, 6.07) is 0. The summed E-state index contributed by atoms with van der Waals surface area (Å²) >= 11 is 1.55. The molecule has 2 aliphatic rings. The minimum absolute atomic E-state index is 0.0651. The molecule has 3 heterocycles. The number of fused-ring (bicyclic) bond motifs is 1. The molecule has 2 N–H and O–H groups in total. The highest BCUT2D eigenvalue weighted by Crippen LogP contribution is 2.45. The number of ether oxygens (including phenoxy) is 3. The highest BCUT2D eigenvalue weighted by molar-refractivity contribution is 7.12. The fourth-order valence-corrected chi connectivity index (χ4v) is 5.89. The van der Waals surface area contributed by atoms with Gasteiger partial charge in [0.05, 0.1) is 29.2 Å². The van der Waals surface area contributed by atoms with E-state index in [0.717, 1.165) is 34.7 Å². The number of methoxy groups -OCH3 is 1. The number of aliphatic hydroxyl groups is 2. The lowest BCUT2D eigenvalue weighted by Crippen LogP contribution is -2.54. The third-order valence-electron chi connectivity index (χ3n) is 8.00. The van der Waals surface area contributed by atoms with E-state index in [1.807, 2.05) is 26.8 Å². The van der Waals surface area contributed by atoms with Crippen LogP contribution in [0.2, 0.25) is 0 Å². The van der Waals surface area contributed by atoms with Crippen LogP contribution in [-0.2, 0) is 23.8 Å². The van der Waals surface area contributed by atoms with E-state index in [4.69, 9.17) is 14.2 Å². The molecule has 8 unspecified atom stereocenters. The molecule has 0 saturated carbocycles. The van der Waals surface area contributed by atoms with E-state index < -0.39 is 48.0 Å². The van der Waals surface area contributed by atoms with Gasteiger partial charge in [-0.1, -0.05) is 20.3 Å². The zero-order chi connectivity index (χ0) is 26.8. The maximum absolute atomic E-state index is 13.3. The number of epoxide rings is 1. The van der Waals surface area contributed by atoms with Gasteiger partial charge in [0.15, 0.2) is 5.78 Å². The lowest BCUT2D eigenvalue weighted by molar-refractivity contribution is -0.168. The lowest BCUT2D eigenvalue weighted by atomic mass is 9.78. The summed E-state index contributed by atoms with van der Waals surface area (Å²) in [4.78, 5) is 31.6. The number of aromatic nitrogens is 1. The van der Waals surface area contributed by atoms with Crippen molar-refractivity contribution >= 4 is 29.2 Å². The number of hydrogen-bond donors (Lipinski definition) is 2. The topological polar surface area (TPSA) is 118 Å². The molecule has 2 fully saturated rings. The second-order valence-corrected chi connectivity index (χ2v) is 12.1. The Morgan fingerprint density at radius 3 is 2.58 bits per heavy atom. The molecule has 0 bridgehead atoms. The number of carbonyl (C=O) groups excluding carboxylic acids is 2. The molecule has 0 aliphatic carbocycles. The number of Topliss-reactive ketones (excluding diaryl/α,β-unsaturated/α-hetero) is 1. The molecule has 8 atom stereocenters. The van der Waals surface area contributed by atoms with Crippen molar-refractivity contribution in [3.8, 4) is 0 Å². The van der Waals surface area contributed by atoms with Crippen LogP contribution in [0.3, 0.4) is 0 Å². The molecule has 0 aromatic carbocycles. The van der Waals surface area contributed by atoms with Crippen LogP contribution in [0.5, 0.6) is 0 Å². The number of rotatable bonds is 3. The first-order valence-electron chi connectivity index (χ1n) is 12.7. The van der Waals surface area contributed by atoms with Gasteiger partial charge in [-0.05, 0) is 58.1 Å². The number of ketones is 1. The van der Waals surface area contributed by atoms with Crippen molar-refractivity contribution in [2.24, 2.45) is 11.8 Å². The number of aryl methyl sites for hydroxylation is 1. The monoisotopic (exact) mass is 523 g/mol. The van der Waals surface area contributed by atoms with Crippen molar-refractivity contribution in [1.82, 2.24) is 4.98 Å². The van der Waals surface area contributed by atoms with Crippen LogP contribution in [0, 0.1) is 18.8 Å². The molecule has 36 heavy (non-hydrogen) atoms. The molecule has 3 rings (SSSR count). The summed E-state index contributed by atoms with van der Waals surface area (Å²) in [5.41, 5.74) is -1.12. The second kappa shape index (κ2) is 11.4. The Morgan fingerprint density at radius 2 is 1.97 bits per heavy atom. The SMILES string of the molecule is COC1(C)C(=O)C(C)C(O)C(C)CCCC2(C)OC2CC(/C(C)=C/c2cnc(C)s2)OC(=O)CC1O. The molecule has 1 aromatic heterocycles. The van der Waals surface area contributed by atoms with E-state index in [2.05, 4.69) is 11.9 Å². The summed E-state index contributed by atoms with van der Waals surface area (Å²) in [7, 11) is 1.32. The van der Waals surface area contributed by atoms with Crippen LogP contribution in [-0.4, -0.2) is 69.7 Å². The molecule has 8 nitrogen and oxygen atoms in total. The molecule has 202 valence electrons. The minimum Gasteiger partial charge on any atom is -0.458 e. The van der Waals surface area contributed by atoms with Gasteiger partial charge < -0.3 is 24.4 Å². The van der Waals surface area contributed by atoms with Gasteiger partial charge in [0.25, 0.3) is 0 Å². The van der Waals surface area contributed by atoms with E-state index in [1.54, 1.807) is 24.5 Å². The zero-order valence-corrected chi connectivity index (χ0v) is 23.3. The summed E-state index contributed by atoms with van der Waals surface area (Å²) in [6.07, 6.45) is 3.26. The van der Waals surface area contributed by atoms with Gasteiger partial charge in [0.1, 0.15) is 17.8 Å². The first-order valence-corrected chi connectivity index (χ1v) is 13.6. The van der Waals surface area contributed by atoms with E-state index in [-0.39, 0.29) is 17.6 Å². The van der Waals surface area contributed by atoms with Crippen LogP contribution in [0.4, 0.5) is 0 Å². The third kappa shape index (κ3) is 6.42. The largest absolute Gasteiger partial charge is 0.458 e. The van der Waals surface area contributed by atoms with Gasteiger partial charge in [-0.2, -0.15) is 0 Å². The van der Waals surface area contributed by atoms with Crippen molar-refractivity contribution in [1.29, 1.82) is 0 Å². The lowest BCUT2D eigenvalue weighted by Gasteiger charge is -2.36. The van der Waals surface area contributed by atoms with Gasteiger partial charge in [0, 0.05) is 30.5 Å². The Balaban J connectivity index is 1.88. The molecule has 0 radical (unpaired) electrons. The number of esters is 1. The number of cyclic esters (lactones) is 1. The van der Waals surface area contributed by atoms with E-state index in [0.29, 0.717) is 6.42 Å². The number of carbonyl (C=O) groups is 2. The number of hydrogen-bond acceptors (Lipinski definition) is 9. The van der Waals surface area contributed by atoms with Crippen LogP contribution >= 0.6 is 11.3 Å². The number of aliphatic hydroxyl groups excluding tert-OH is 2. The van der Waals surface area contributed by atoms with Gasteiger partial charge in [0.2, 0.25) is 0 Å². The van der Waals surface area contributed by atoms with Crippen LogP contribution in [0.1, 0.15) is 76.6 Å². The Bertz CT molecular complexity index is 977. The van der Waals surface area contributed by atoms with Crippen LogP contribution < -0.4 is 0 Å². The Kier molecular flexibility index (Phi) is 9.15. The first kappa shape index (κ1) is 28.9. The maximum Gasteiger partial charge on any atom is 0.309 e. The molecule has 9 heteroatoms. The van der Waals surface area contributed by atoms with Crippen LogP contribution in [0.25, 0.3) is 6.08 Å². The maximum atomic E-state index is 13.3. The summed E-state index contributed by atoms with van der Waals surface area (Å²) in [5.74, 6) is -1.97. The second-order valence-electron chi connectivity index (χ2n) is 10.8. The van der Waals surface area contributed by atoms with E-state index in [9.17, 15) is 19.8 Å². The average molecular weight is 524 g/mol.